The van der Waals surface area contributed by atoms with Gasteiger partial charge >= 0.3 is 0 Å². The number of halogens is 2. The number of carbonyl (C=O) groups is 1. The van der Waals surface area contributed by atoms with Crippen molar-refractivity contribution >= 4 is 11.6 Å². The number of hydrogen-bond acceptors (Lipinski definition) is 2. The van der Waals surface area contributed by atoms with E-state index in [0.717, 1.165) is 0 Å². The molecule has 1 amide bonds. The van der Waals surface area contributed by atoms with E-state index >= 15 is 0 Å². The summed E-state index contributed by atoms with van der Waals surface area (Å²) in [5.74, 6) is -1.06. The van der Waals surface area contributed by atoms with Crippen LogP contribution in [0.3, 0.4) is 0 Å². The van der Waals surface area contributed by atoms with E-state index < -0.39 is 5.82 Å². The van der Waals surface area contributed by atoms with Crippen LogP contribution in [-0.4, -0.2) is 29.9 Å². The summed E-state index contributed by atoms with van der Waals surface area (Å²) in [6, 6.07) is 12.7. The summed E-state index contributed by atoms with van der Waals surface area (Å²) >= 11 is 0. The molecule has 0 radical (unpaired) electrons. The zero-order chi connectivity index (χ0) is 16.2. The number of nitrogens with zero attached hydrogens (tertiary/aromatic N) is 1. The molecule has 1 saturated heterocycles. The van der Waals surface area contributed by atoms with Crippen LogP contribution < -0.4 is 5.32 Å². The molecule has 0 unspecified atom stereocenters. The van der Waals surface area contributed by atoms with Crippen molar-refractivity contribution in [2.24, 2.45) is 0 Å². The molecule has 0 saturated carbocycles. The Morgan fingerprint density at radius 1 is 0.957 bits per heavy atom. The smallest absolute Gasteiger partial charge is 0.256 e. The third-order valence-electron chi connectivity index (χ3n) is 4.12. The van der Waals surface area contributed by atoms with Crippen LogP contribution in [0, 0.1) is 11.6 Å². The molecule has 0 aliphatic carbocycles. The molecule has 3 rings (SSSR count). The van der Waals surface area contributed by atoms with Crippen molar-refractivity contribution in [1.82, 2.24) is 4.90 Å². The topological polar surface area (TPSA) is 32.3 Å². The fourth-order valence-corrected chi connectivity index (χ4v) is 2.83. The Labute approximate surface area is 133 Å². The van der Waals surface area contributed by atoms with Gasteiger partial charge < -0.3 is 10.2 Å². The first kappa shape index (κ1) is 15.5. The Morgan fingerprint density at radius 2 is 1.57 bits per heavy atom. The van der Waals surface area contributed by atoms with Gasteiger partial charge in [0.15, 0.2) is 0 Å². The van der Waals surface area contributed by atoms with Gasteiger partial charge in [-0.1, -0.05) is 24.3 Å². The van der Waals surface area contributed by atoms with Crippen molar-refractivity contribution in [2.75, 3.05) is 18.4 Å². The molecule has 2 aromatic rings. The van der Waals surface area contributed by atoms with Gasteiger partial charge in [0.1, 0.15) is 11.6 Å². The van der Waals surface area contributed by atoms with Gasteiger partial charge in [0.25, 0.3) is 5.91 Å². The van der Waals surface area contributed by atoms with Crippen LogP contribution in [0.2, 0.25) is 0 Å². The van der Waals surface area contributed by atoms with Crippen LogP contribution in [0.1, 0.15) is 23.2 Å². The second-order valence-corrected chi connectivity index (χ2v) is 5.67. The minimum Gasteiger partial charge on any atom is -0.380 e. The van der Waals surface area contributed by atoms with E-state index in [2.05, 4.69) is 5.32 Å². The Hall–Kier alpha value is -2.43. The molecular formula is C18H18F2N2O. The average Bonchev–Trinajstić information content (AvgIpc) is 2.57. The number of para-hydroxylation sites is 1. The van der Waals surface area contributed by atoms with E-state index in [9.17, 15) is 13.6 Å². The number of rotatable bonds is 3. The van der Waals surface area contributed by atoms with Crippen molar-refractivity contribution in [1.29, 1.82) is 0 Å². The molecule has 0 bridgehead atoms. The summed E-state index contributed by atoms with van der Waals surface area (Å²) in [4.78, 5) is 14.0. The van der Waals surface area contributed by atoms with Crippen molar-refractivity contribution in [2.45, 2.75) is 18.9 Å². The van der Waals surface area contributed by atoms with Gasteiger partial charge in [-0.15, -0.1) is 0 Å². The third kappa shape index (κ3) is 3.50. The molecule has 1 aliphatic heterocycles. The van der Waals surface area contributed by atoms with Gasteiger partial charge in [0.2, 0.25) is 0 Å². The minimum atomic E-state index is -0.496. The molecule has 1 N–H and O–H groups in total. The standard InChI is InChI=1S/C18H18F2N2O/c19-15-6-2-1-5-14(15)18(23)22-11-9-13(10-12-22)21-17-8-4-3-7-16(17)20/h1-8,13,21H,9-12H2. The van der Waals surface area contributed by atoms with E-state index in [1.165, 1.54) is 18.2 Å². The highest BCUT2D eigenvalue weighted by molar-refractivity contribution is 5.94. The largest absolute Gasteiger partial charge is 0.380 e. The molecule has 0 atom stereocenters. The Balaban J connectivity index is 1.59. The molecule has 23 heavy (non-hydrogen) atoms. The second-order valence-electron chi connectivity index (χ2n) is 5.67. The van der Waals surface area contributed by atoms with Gasteiger partial charge in [0, 0.05) is 19.1 Å². The van der Waals surface area contributed by atoms with Crippen LogP contribution in [0.15, 0.2) is 48.5 Å². The molecule has 0 aromatic heterocycles. The number of piperidine rings is 1. The number of likely N-dealkylation sites (tertiary alicyclic amines) is 1. The van der Waals surface area contributed by atoms with Crippen LogP contribution in [0.25, 0.3) is 0 Å². The van der Waals surface area contributed by atoms with Crippen LogP contribution in [0.5, 0.6) is 0 Å². The molecule has 1 heterocycles. The van der Waals surface area contributed by atoms with Crippen molar-refractivity contribution in [3.05, 3.63) is 65.7 Å². The predicted octanol–water partition coefficient (Wildman–Crippen LogP) is 3.68. The lowest BCUT2D eigenvalue weighted by molar-refractivity contribution is 0.0713. The van der Waals surface area contributed by atoms with Gasteiger partial charge in [-0.3, -0.25) is 4.79 Å². The van der Waals surface area contributed by atoms with Crippen molar-refractivity contribution in [3.63, 3.8) is 0 Å². The van der Waals surface area contributed by atoms with E-state index in [1.807, 2.05) is 0 Å². The number of hydrogen-bond donors (Lipinski definition) is 1. The van der Waals surface area contributed by atoms with E-state index in [0.29, 0.717) is 31.6 Å². The minimum absolute atomic E-state index is 0.105. The predicted molar refractivity (Wildman–Crippen MR) is 85.3 cm³/mol. The summed E-state index contributed by atoms with van der Waals surface area (Å²) in [6.07, 6.45) is 1.41. The summed E-state index contributed by atoms with van der Waals surface area (Å²) in [5, 5.41) is 3.17. The maximum atomic E-state index is 13.7. The lowest BCUT2D eigenvalue weighted by atomic mass is 10.0. The van der Waals surface area contributed by atoms with Crippen LogP contribution in [0.4, 0.5) is 14.5 Å². The lowest BCUT2D eigenvalue weighted by Crippen LogP contribution is -2.42. The Bertz CT molecular complexity index is 697. The van der Waals surface area contributed by atoms with Crippen LogP contribution >= 0.6 is 0 Å². The molecule has 2 aromatic carbocycles. The van der Waals surface area contributed by atoms with E-state index in [1.54, 1.807) is 35.2 Å². The first-order chi connectivity index (χ1) is 11.1. The molecule has 1 fully saturated rings. The first-order valence-corrected chi connectivity index (χ1v) is 7.70. The van der Waals surface area contributed by atoms with Gasteiger partial charge in [-0.2, -0.15) is 0 Å². The number of amides is 1. The van der Waals surface area contributed by atoms with Crippen LogP contribution in [-0.2, 0) is 0 Å². The summed E-state index contributed by atoms with van der Waals surface area (Å²) in [7, 11) is 0. The molecule has 1 aliphatic rings. The number of benzene rings is 2. The fraction of sp³-hybridized carbons (Fsp3) is 0.278. The van der Waals surface area contributed by atoms with Gasteiger partial charge in [-0.05, 0) is 37.1 Å². The Morgan fingerprint density at radius 3 is 2.22 bits per heavy atom. The first-order valence-electron chi connectivity index (χ1n) is 7.70. The van der Waals surface area contributed by atoms with Gasteiger partial charge in [-0.25, -0.2) is 8.78 Å². The molecular weight excluding hydrogens is 298 g/mol. The second kappa shape index (κ2) is 6.77. The SMILES string of the molecule is O=C(c1ccccc1F)N1CCC(Nc2ccccc2F)CC1. The van der Waals surface area contributed by atoms with Gasteiger partial charge in [0.05, 0.1) is 11.3 Å². The number of anilines is 1. The number of nitrogens with one attached hydrogen (secondary N) is 1. The lowest BCUT2D eigenvalue weighted by Gasteiger charge is -2.33. The highest BCUT2D eigenvalue weighted by atomic mass is 19.1. The molecule has 3 nitrogen and oxygen atoms in total. The molecule has 0 spiro atoms. The maximum absolute atomic E-state index is 13.7. The quantitative estimate of drug-likeness (QED) is 0.937. The highest BCUT2D eigenvalue weighted by Gasteiger charge is 2.25. The molecule has 5 heteroatoms. The zero-order valence-corrected chi connectivity index (χ0v) is 12.6. The van der Waals surface area contributed by atoms with E-state index in [4.69, 9.17) is 0 Å². The summed E-state index contributed by atoms with van der Waals surface area (Å²) in [5.41, 5.74) is 0.583. The summed E-state index contributed by atoms with van der Waals surface area (Å²) < 4.78 is 27.3. The molecule has 120 valence electrons. The normalized spacial score (nSPS) is 15.5. The summed E-state index contributed by atoms with van der Waals surface area (Å²) in [6.45, 7) is 1.05. The fourth-order valence-electron chi connectivity index (χ4n) is 2.83. The Kier molecular flexibility index (Phi) is 4.55. The third-order valence-corrected chi connectivity index (χ3v) is 4.12. The average molecular weight is 316 g/mol. The highest BCUT2D eigenvalue weighted by Crippen LogP contribution is 2.20. The van der Waals surface area contributed by atoms with E-state index in [-0.39, 0.29) is 23.3 Å². The monoisotopic (exact) mass is 316 g/mol. The zero-order valence-electron chi connectivity index (χ0n) is 12.6. The van der Waals surface area contributed by atoms with Crippen molar-refractivity contribution < 1.29 is 13.6 Å². The van der Waals surface area contributed by atoms with Crippen molar-refractivity contribution in [3.8, 4) is 0 Å². The maximum Gasteiger partial charge on any atom is 0.256 e. The number of carbonyl (C=O) groups excluding carboxylic acids is 1.